The summed E-state index contributed by atoms with van der Waals surface area (Å²) < 4.78 is 31.6. The van der Waals surface area contributed by atoms with Gasteiger partial charge in [-0.15, -0.1) is 0 Å². The second-order valence-corrected chi connectivity index (χ2v) is 8.87. The highest BCUT2D eigenvalue weighted by molar-refractivity contribution is 7.89. The van der Waals surface area contributed by atoms with E-state index in [0.29, 0.717) is 18.2 Å². The smallest absolute Gasteiger partial charge is 0.244 e. The average molecular weight is 368 g/mol. The Hall–Kier alpha value is -1.67. The van der Waals surface area contributed by atoms with E-state index in [1.54, 1.807) is 17.8 Å². The molecule has 25 heavy (non-hydrogen) atoms. The molecule has 0 unspecified atom stereocenters. The highest BCUT2D eigenvalue weighted by Crippen LogP contribution is 2.18. The van der Waals surface area contributed by atoms with Crippen LogP contribution in [0.15, 0.2) is 11.1 Å². The van der Waals surface area contributed by atoms with Gasteiger partial charge in [0.05, 0.1) is 17.4 Å². The minimum absolute atomic E-state index is 0.0757. The quantitative estimate of drug-likeness (QED) is 0.815. The monoisotopic (exact) mass is 367 g/mol. The van der Waals surface area contributed by atoms with E-state index >= 15 is 0 Å². The Bertz CT molecular complexity index is 849. The van der Waals surface area contributed by atoms with Gasteiger partial charge in [0, 0.05) is 25.0 Å². The Morgan fingerprint density at radius 2 is 1.72 bits per heavy atom. The van der Waals surface area contributed by atoms with Crippen LogP contribution in [-0.2, 0) is 16.6 Å². The van der Waals surface area contributed by atoms with Gasteiger partial charge in [-0.25, -0.2) is 13.1 Å². The summed E-state index contributed by atoms with van der Waals surface area (Å²) in [6, 6.07) is -0.0757. The molecule has 0 saturated heterocycles. The largest absolute Gasteiger partial charge is 0.271 e. The van der Waals surface area contributed by atoms with Crippen molar-refractivity contribution < 1.29 is 8.42 Å². The van der Waals surface area contributed by atoms with Crippen LogP contribution in [0.5, 0.6) is 0 Å². The molecule has 0 amide bonds. The molecule has 2 aromatic heterocycles. The fraction of sp³-hybridized carbons (Fsp3) is 0.647. The van der Waals surface area contributed by atoms with Gasteiger partial charge >= 0.3 is 0 Å². The topological polar surface area (TPSA) is 81.8 Å². The molecule has 8 heteroatoms. The Kier molecular flexibility index (Phi) is 5.73. The molecule has 0 aliphatic heterocycles. The standard InChI is InChI=1S/C17H29N5O2S/c1-11(2)9-21-10-17(15(6)19-21)25(23,24)18-8-12(3)22-16(7)13(4)14(5)20-22/h10-12,18H,8-9H2,1-7H3/t12-/m1/s1. The Labute approximate surface area is 150 Å². The maximum atomic E-state index is 12.7. The van der Waals surface area contributed by atoms with Crippen molar-refractivity contribution in [3.63, 3.8) is 0 Å². The third-order valence-corrected chi connectivity index (χ3v) is 5.94. The number of sulfonamides is 1. The summed E-state index contributed by atoms with van der Waals surface area (Å²) in [5.74, 6) is 0.400. The van der Waals surface area contributed by atoms with E-state index in [1.165, 1.54) is 0 Å². The van der Waals surface area contributed by atoms with Crippen molar-refractivity contribution in [3.8, 4) is 0 Å². The molecule has 0 saturated carbocycles. The number of hydrogen-bond donors (Lipinski definition) is 1. The molecule has 1 atom stereocenters. The van der Waals surface area contributed by atoms with Crippen LogP contribution >= 0.6 is 0 Å². The van der Waals surface area contributed by atoms with Gasteiger partial charge in [-0.2, -0.15) is 10.2 Å². The molecule has 0 spiro atoms. The van der Waals surface area contributed by atoms with Gasteiger partial charge < -0.3 is 0 Å². The number of hydrogen-bond acceptors (Lipinski definition) is 4. The van der Waals surface area contributed by atoms with Gasteiger partial charge in [-0.05, 0) is 46.1 Å². The molecule has 2 heterocycles. The number of rotatable bonds is 7. The van der Waals surface area contributed by atoms with Crippen molar-refractivity contribution in [2.24, 2.45) is 5.92 Å². The third-order valence-electron chi connectivity index (χ3n) is 4.42. The van der Waals surface area contributed by atoms with Crippen molar-refractivity contribution in [1.29, 1.82) is 0 Å². The lowest BCUT2D eigenvalue weighted by Gasteiger charge is -2.15. The number of aromatic nitrogens is 4. The minimum Gasteiger partial charge on any atom is -0.271 e. The summed E-state index contributed by atoms with van der Waals surface area (Å²) in [7, 11) is -3.60. The van der Waals surface area contributed by atoms with Gasteiger partial charge in [0.2, 0.25) is 10.0 Å². The number of nitrogens with zero attached hydrogens (tertiary/aromatic N) is 4. The van der Waals surface area contributed by atoms with Crippen LogP contribution in [0.1, 0.15) is 49.5 Å². The van der Waals surface area contributed by atoms with Gasteiger partial charge in [0.15, 0.2) is 0 Å². The lowest BCUT2D eigenvalue weighted by Crippen LogP contribution is -2.30. The molecule has 140 valence electrons. The van der Waals surface area contributed by atoms with Gasteiger partial charge in [0.25, 0.3) is 0 Å². The van der Waals surface area contributed by atoms with E-state index in [-0.39, 0.29) is 17.5 Å². The highest BCUT2D eigenvalue weighted by atomic mass is 32.2. The fourth-order valence-electron chi connectivity index (χ4n) is 2.80. The highest BCUT2D eigenvalue weighted by Gasteiger charge is 2.22. The van der Waals surface area contributed by atoms with Crippen molar-refractivity contribution in [2.75, 3.05) is 6.54 Å². The van der Waals surface area contributed by atoms with Gasteiger partial charge in [0.1, 0.15) is 4.90 Å². The van der Waals surface area contributed by atoms with E-state index in [4.69, 9.17) is 0 Å². The van der Waals surface area contributed by atoms with E-state index in [0.717, 1.165) is 17.0 Å². The van der Waals surface area contributed by atoms with E-state index in [1.807, 2.05) is 32.4 Å². The Balaban J connectivity index is 2.13. The van der Waals surface area contributed by atoms with Crippen LogP contribution in [0, 0.1) is 33.6 Å². The van der Waals surface area contributed by atoms with Crippen LogP contribution in [0.4, 0.5) is 0 Å². The first kappa shape index (κ1) is 19.7. The summed E-state index contributed by atoms with van der Waals surface area (Å²) in [6.07, 6.45) is 1.61. The zero-order chi connectivity index (χ0) is 18.9. The first-order chi connectivity index (χ1) is 11.5. The molecule has 1 N–H and O–H groups in total. The first-order valence-corrected chi connectivity index (χ1v) is 10.1. The molecule has 0 radical (unpaired) electrons. The number of nitrogens with one attached hydrogen (secondary N) is 1. The minimum atomic E-state index is -3.60. The second kappa shape index (κ2) is 7.29. The first-order valence-electron chi connectivity index (χ1n) is 8.59. The summed E-state index contributed by atoms with van der Waals surface area (Å²) in [5.41, 5.74) is 3.69. The zero-order valence-electron chi connectivity index (χ0n) is 16.2. The summed E-state index contributed by atoms with van der Waals surface area (Å²) in [5, 5.41) is 8.81. The molecule has 7 nitrogen and oxygen atoms in total. The molecule has 0 aromatic carbocycles. The van der Waals surface area contributed by atoms with Crippen LogP contribution in [-0.4, -0.2) is 34.5 Å². The Morgan fingerprint density at radius 3 is 2.24 bits per heavy atom. The normalized spacial score (nSPS) is 13.6. The maximum absolute atomic E-state index is 12.7. The molecule has 0 aliphatic carbocycles. The Morgan fingerprint density at radius 1 is 1.08 bits per heavy atom. The molecule has 2 rings (SSSR count). The molecule has 0 bridgehead atoms. The van der Waals surface area contributed by atoms with E-state index in [2.05, 4.69) is 28.8 Å². The zero-order valence-corrected chi connectivity index (χ0v) is 17.0. The predicted octanol–water partition coefficient (Wildman–Crippen LogP) is 2.51. The van der Waals surface area contributed by atoms with Crippen molar-refractivity contribution in [1.82, 2.24) is 24.3 Å². The fourth-order valence-corrected chi connectivity index (χ4v) is 4.11. The summed E-state index contributed by atoms with van der Waals surface area (Å²) >= 11 is 0. The third kappa shape index (κ3) is 4.30. The lowest BCUT2D eigenvalue weighted by atomic mass is 10.2. The molecular weight excluding hydrogens is 338 g/mol. The van der Waals surface area contributed by atoms with Crippen LogP contribution in [0.25, 0.3) is 0 Å². The van der Waals surface area contributed by atoms with Crippen molar-refractivity contribution in [2.45, 2.75) is 65.9 Å². The molecule has 0 fully saturated rings. The van der Waals surface area contributed by atoms with Crippen LogP contribution in [0.3, 0.4) is 0 Å². The SMILES string of the molecule is Cc1nn(CC(C)C)cc1S(=O)(=O)NC[C@@H](C)n1nc(C)c(C)c1C. The van der Waals surface area contributed by atoms with Gasteiger partial charge in [-0.3, -0.25) is 9.36 Å². The van der Waals surface area contributed by atoms with Crippen molar-refractivity contribution >= 4 is 10.0 Å². The molecular formula is C17H29N5O2S. The second-order valence-electron chi connectivity index (χ2n) is 7.14. The summed E-state index contributed by atoms with van der Waals surface area (Å²) in [6.45, 7) is 14.8. The van der Waals surface area contributed by atoms with Crippen molar-refractivity contribution in [3.05, 3.63) is 28.8 Å². The van der Waals surface area contributed by atoms with Gasteiger partial charge in [-0.1, -0.05) is 13.8 Å². The lowest BCUT2D eigenvalue weighted by molar-refractivity contribution is 0.467. The maximum Gasteiger partial charge on any atom is 0.244 e. The number of aryl methyl sites for hydroxylation is 2. The average Bonchev–Trinajstić information content (AvgIpc) is 2.99. The summed E-state index contributed by atoms with van der Waals surface area (Å²) in [4.78, 5) is 0.241. The van der Waals surface area contributed by atoms with E-state index in [9.17, 15) is 8.42 Å². The molecule has 0 aliphatic rings. The molecule has 2 aromatic rings. The van der Waals surface area contributed by atoms with Crippen LogP contribution in [0.2, 0.25) is 0 Å². The van der Waals surface area contributed by atoms with E-state index < -0.39 is 10.0 Å². The van der Waals surface area contributed by atoms with Crippen LogP contribution < -0.4 is 4.72 Å². The predicted molar refractivity (Wildman–Crippen MR) is 98.1 cm³/mol.